The summed E-state index contributed by atoms with van der Waals surface area (Å²) in [5.74, 6) is -1.03. The number of nitrogens with one attached hydrogen (secondary N) is 1. The molecule has 120 valence electrons. The number of carboxylic acid groups (broad SMARTS) is 1. The van der Waals surface area contributed by atoms with Crippen LogP contribution in [0.1, 0.15) is 32.6 Å². The number of carbonyl (C=O) groups excluding carboxylic acids is 1. The highest BCUT2D eigenvalue weighted by molar-refractivity contribution is 5.75. The molecule has 0 radical (unpaired) electrons. The normalized spacial score (nSPS) is 23.8. The van der Waals surface area contributed by atoms with E-state index in [2.05, 4.69) is 24.2 Å². The van der Waals surface area contributed by atoms with Gasteiger partial charge in [-0.1, -0.05) is 6.92 Å². The molecule has 0 bridgehead atoms. The Morgan fingerprint density at radius 2 is 1.76 bits per heavy atom. The first-order valence-electron chi connectivity index (χ1n) is 7.84. The molecule has 6 heteroatoms. The van der Waals surface area contributed by atoms with Crippen molar-refractivity contribution in [3.05, 3.63) is 0 Å². The molecule has 6 nitrogen and oxygen atoms in total. The molecule has 0 saturated carbocycles. The van der Waals surface area contributed by atoms with Crippen molar-refractivity contribution in [2.45, 2.75) is 32.6 Å². The van der Waals surface area contributed by atoms with Crippen LogP contribution < -0.4 is 5.32 Å². The largest absolute Gasteiger partial charge is 0.481 e. The van der Waals surface area contributed by atoms with E-state index >= 15 is 0 Å². The van der Waals surface area contributed by atoms with Crippen LogP contribution in [0.2, 0.25) is 0 Å². The first-order chi connectivity index (χ1) is 9.89. The van der Waals surface area contributed by atoms with Crippen molar-refractivity contribution in [3.63, 3.8) is 0 Å². The van der Waals surface area contributed by atoms with Crippen molar-refractivity contribution in [1.82, 2.24) is 15.1 Å². The molecule has 0 unspecified atom stereocenters. The van der Waals surface area contributed by atoms with Gasteiger partial charge in [-0.3, -0.25) is 4.79 Å². The smallest absolute Gasteiger partial charge is 0.317 e. The minimum Gasteiger partial charge on any atom is -0.481 e. The lowest BCUT2D eigenvalue weighted by molar-refractivity contribution is -0.143. The minimum atomic E-state index is -0.742. The number of likely N-dealkylation sites (tertiary alicyclic amines) is 2. The number of amides is 2. The van der Waals surface area contributed by atoms with Crippen molar-refractivity contribution in [3.8, 4) is 0 Å². The predicted molar refractivity (Wildman–Crippen MR) is 80.2 cm³/mol. The van der Waals surface area contributed by atoms with Crippen LogP contribution in [0.15, 0.2) is 0 Å². The Kier molecular flexibility index (Phi) is 5.08. The van der Waals surface area contributed by atoms with Gasteiger partial charge in [-0.2, -0.15) is 0 Å². The molecule has 0 atom stereocenters. The van der Waals surface area contributed by atoms with E-state index in [1.165, 1.54) is 0 Å². The summed E-state index contributed by atoms with van der Waals surface area (Å²) >= 11 is 0. The Balaban J connectivity index is 1.74. The molecule has 2 saturated heterocycles. The molecule has 0 aromatic heterocycles. The molecule has 0 spiro atoms. The van der Waals surface area contributed by atoms with Gasteiger partial charge in [0.25, 0.3) is 0 Å². The second kappa shape index (κ2) is 6.64. The number of nitrogens with zero attached hydrogens (tertiary/aromatic N) is 2. The number of hydrogen-bond acceptors (Lipinski definition) is 3. The van der Waals surface area contributed by atoms with Crippen molar-refractivity contribution >= 4 is 12.0 Å². The van der Waals surface area contributed by atoms with Gasteiger partial charge < -0.3 is 20.2 Å². The Morgan fingerprint density at radius 3 is 2.29 bits per heavy atom. The molecule has 0 aromatic rings. The third kappa shape index (κ3) is 4.33. The summed E-state index contributed by atoms with van der Waals surface area (Å²) in [7, 11) is 2.13. The van der Waals surface area contributed by atoms with Crippen LogP contribution in [0.4, 0.5) is 4.79 Å². The van der Waals surface area contributed by atoms with Crippen molar-refractivity contribution < 1.29 is 14.7 Å². The van der Waals surface area contributed by atoms with Crippen LogP contribution >= 0.6 is 0 Å². The van der Waals surface area contributed by atoms with E-state index in [0.29, 0.717) is 32.5 Å². The summed E-state index contributed by atoms with van der Waals surface area (Å²) in [4.78, 5) is 27.2. The predicted octanol–water partition coefficient (Wildman–Crippen LogP) is 1.22. The van der Waals surface area contributed by atoms with Crippen LogP contribution in [0.5, 0.6) is 0 Å². The Morgan fingerprint density at radius 1 is 1.19 bits per heavy atom. The van der Waals surface area contributed by atoms with Gasteiger partial charge in [0.15, 0.2) is 0 Å². The quantitative estimate of drug-likeness (QED) is 0.821. The van der Waals surface area contributed by atoms with E-state index in [9.17, 15) is 9.59 Å². The van der Waals surface area contributed by atoms with Gasteiger partial charge in [0.1, 0.15) is 0 Å². The first kappa shape index (κ1) is 16.1. The SMILES string of the molecule is CN1CCC(C)(CNC(=O)N2CCC(C(=O)O)CC2)CC1. The fourth-order valence-electron chi connectivity index (χ4n) is 3.07. The third-order valence-corrected chi connectivity index (χ3v) is 4.99. The van der Waals surface area contributed by atoms with E-state index < -0.39 is 5.97 Å². The number of urea groups is 1. The number of rotatable bonds is 3. The van der Waals surface area contributed by atoms with E-state index in [1.54, 1.807) is 4.90 Å². The average molecular weight is 297 g/mol. The molecule has 0 aromatic carbocycles. The highest BCUT2D eigenvalue weighted by Crippen LogP contribution is 2.29. The fourth-order valence-corrected chi connectivity index (χ4v) is 3.07. The van der Waals surface area contributed by atoms with Crippen molar-refractivity contribution in [1.29, 1.82) is 0 Å². The monoisotopic (exact) mass is 297 g/mol. The number of carbonyl (C=O) groups is 2. The fraction of sp³-hybridized carbons (Fsp3) is 0.867. The van der Waals surface area contributed by atoms with Crippen LogP contribution in [0.3, 0.4) is 0 Å². The van der Waals surface area contributed by atoms with Crippen molar-refractivity contribution in [2.24, 2.45) is 11.3 Å². The zero-order chi connectivity index (χ0) is 15.5. The lowest BCUT2D eigenvalue weighted by atomic mass is 9.80. The average Bonchev–Trinajstić information content (AvgIpc) is 2.48. The van der Waals surface area contributed by atoms with Gasteiger partial charge in [-0.25, -0.2) is 4.79 Å². The van der Waals surface area contributed by atoms with Crippen molar-refractivity contribution in [2.75, 3.05) is 39.8 Å². The Hall–Kier alpha value is -1.30. The highest BCUT2D eigenvalue weighted by atomic mass is 16.4. The molecule has 2 rings (SSSR count). The summed E-state index contributed by atoms with van der Waals surface area (Å²) in [6, 6.07) is -0.0426. The van der Waals surface area contributed by atoms with E-state index in [0.717, 1.165) is 25.9 Å². The zero-order valence-electron chi connectivity index (χ0n) is 13.1. The molecule has 2 heterocycles. The van der Waals surface area contributed by atoms with Gasteiger partial charge in [-0.15, -0.1) is 0 Å². The maximum absolute atomic E-state index is 12.2. The molecular weight excluding hydrogens is 270 g/mol. The molecule has 0 aliphatic carbocycles. The van der Waals surface area contributed by atoms with Gasteiger partial charge in [0.2, 0.25) is 0 Å². The van der Waals surface area contributed by atoms with Gasteiger partial charge in [0, 0.05) is 19.6 Å². The molecule has 2 N–H and O–H groups in total. The zero-order valence-corrected chi connectivity index (χ0v) is 13.1. The maximum Gasteiger partial charge on any atom is 0.317 e. The van der Waals surface area contributed by atoms with Gasteiger partial charge in [0.05, 0.1) is 5.92 Å². The number of aliphatic carboxylic acids is 1. The summed E-state index contributed by atoms with van der Waals surface area (Å²) in [6.45, 7) is 6.19. The minimum absolute atomic E-state index is 0.0426. The number of hydrogen-bond donors (Lipinski definition) is 2. The maximum atomic E-state index is 12.2. The topological polar surface area (TPSA) is 72.9 Å². The second-order valence-electron chi connectivity index (χ2n) is 6.87. The Bertz CT molecular complexity index is 384. The lowest BCUT2D eigenvalue weighted by Gasteiger charge is -2.38. The number of piperidine rings is 2. The first-order valence-corrected chi connectivity index (χ1v) is 7.84. The molecule has 2 aliphatic heterocycles. The van der Waals surface area contributed by atoms with E-state index in [4.69, 9.17) is 5.11 Å². The summed E-state index contributed by atoms with van der Waals surface area (Å²) in [5, 5.41) is 12.0. The van der Waals surface area contributed by atoms with Crippen LogP contribution in [-0.2, 0) is 4.79 Å². The lowest BCUT2D eigenvalue weighted by Crippen LogP contribution is -2.49. The second-order valence-corrected chi connectivity index (χ2v) is 6.87. The molecule has 2 amide bonds. The molecule has 2 fully saturated rings. The third-order valence-electron chi connectivity index (χ3n) is 4.99. The van der Waals surface area contributed by atoms with Gasteiger partial charge in [-0.05, 0) is 51.2 Å². The summed E-state index contributed by atoms with van der Waals surface area (Å²) in [6.07, 6.45) is 3.32. The molecule has 2 aliphatic rings. The molecular formula is C15H27N3O3. The standard InChI is InChI=1S/C15H27N3O3/c1-15(5-9-17(2)10-6-15)11-16-14(21)18-7-3-12(4-8-18)13(19)20/h12H,3-11H2,1-2H3,(H,16,21)(H,19,20). The summed E-state index contributed by atoms with van der Waals surface area (Å²) < 4.78 is 0. The van der Waals surface area contributed by atoms with Crippen LogP contribution in [0, 0.1) is 11.3 Å². The van der Waals surface area contributed by atoms with E-state index in [1.807, 2.05) is 0 Å². The highest BCUT2D eigenvalue weighted by Gasteiger charge is 2.31. The van der Waals surface area contributed by atoms with Gasteiger partial charge >= 0.3 is 12.0 Å². The van der Waals surface area contributed by atoms with Crippen LogP contribution in [0.25, 0.3) is 0 Å². The number of carboxylic acids is 1. The van der Waals surface area contributed by atoms with E-state index in [-0.39, 0.29) is 17.4 Å². The Labute approximate surface area is 126 Å². The summed E-state index contributed by atoms with van der Waals surface area (Å²) in [5.41, 5.74) is 0.182. The van der Waals surface area contributed by atoms with Crippen LogP contribution in [-0.4, -0.2) is 66.7 Å². The molecule has 21 heavy (non-hydrogen) atoms.